The Kier molecular flexibility index (Phi) is 9.17. The van der Waals surface area contributed by atoms with Crippen LogP contribution < -0.4 is 15.4 Å². The average molecular weight is 601 g/mol. The van der Waals surface area contributed by atoms with E-state index < -0.39 is 23.4 Å². The summed E-state index contributed by atoms with van der Waals surface area (Å²) in [6, 6.07) is 7.01. The van der Waals surface area contributed by atoms with Crippen LogP contribution in [0.2, 0.25) is 0 Å². The standard InChI is InChI=1S/C31H35F3N4O5/c1-17-36-25-15-26(41-5)23(19-7-9-20(10-8-19)28(39)42-6)14-24(25)27(37-17)35-16-18-11-21(31(32,33)34)13-22(12-18)38-29(40)43-30(2,3)4/h7,11-15,20H,8-10,16H2,1-6H3,(H,38,40)(H,35,36,37). The maximum Gasteiger partial charge on any atom is 0.416 e. The van der Waals surface area contributed by atoms with Crippen molar-refractivity contribution >= 4 is 40.0 Å². The molecule has 4 rings (SSSR count). The largest absolute Gasteiger partial charge is 0.496 e. The number of amides is 1. The Balaban J connectivity index is 1.67. The maximum absolute atomic E-state index is 13.7. The highest BCUT2D eigenvalue weighted by atomic mass is 19.4. The Bertz CT molecular complexity index is 1560. The van der Waals surface area contributed by atoms with E-state index >= 15 is 0 Å². The Hall–Kier alpha value is -4.35. The second-order valence-electron chi connectivity index (χ2n) is 11.3. The van der Waals surface area contributed by atoms with E-state index in [0.717, 1.165) is 23.3 Å². The highest BCUT2D eigenvalue weighted by Crippen LogP contribution is 2.39. The number of nitrogens with one attached hydrogen (secondary N) is 2. The molecule has 0 saturated carbocycles. The Labute approximate surface area is 247 Å². The number of methoxy groups -OCH3 is 2. The van der Waals surface area contributed by atoms with E-state index in [9.17, 15) is 22.8 Å². The molecular formula is C31H35F3N4O5. The summed E-state index contributed by atoms with van der Waals surface area (Å²) >= 11 is 0. The number of carbonyl (C=O) groups excluding carboxylic acids is 2. The van der Waals surface area contributed by atoms with Crippen molar-refractivity contribution in [1.82, 2.24) is 9.97 Å². The van der Waals surface area contributed by atoms with Crippen molar-refractivity contribution in [2.45, 2.75) is 65.3 Å². The number of aryl methyl sites for hydroxylation is 1. The summed E-state index contributed by atoms with van der Waals surface area (Å²) < 4.78 is 57.0. The molecule has 0 saturated heterocycles. The van der Waals surface area contributed by atoms with Gasteiger partial charge in [0.1, 0.15) is 23.0 Å². The molecule has 1 aliphatic rings. The van der Waals surface area contributed by atoms with Crippen molar-refractivity contribution in [1.29, 1.82) is 0 Å². The molecule has 12 heteroatoms. The summed E-state index contributed by atoms with van der Waals surface area (Å²) in [7, 11) is 2.94. The molecule has 2 aromatic carbocycles. The normalized spacial score (nSPS) is 15.5. The fourth-order valence-electron chi connectivity index (χ4n) is 4.92. The van der Waals surface area contributed by atoms with Crippen LogP contribution in [0.3, 0.4) is 0 Å². The molecule has 1 atom stereocenters. The van der Waals surface area contributed by atoms with Crippen LogP contribution in [-0.4, -0.2) is 41.9 Å². The summed E-state index contributed by atoms with van der Waals surface area (Å²) in [5, 5.41) is 6.20. The first-order valence-electron chi connectivity index (χ1n) is 13.8. The van der Waals surface area contributed by atoms with Crippen LogP contribution in [0.5, 0.6) is 5.75 Å². The number of carbonyl (C=O) groups is 2. The fourth-order valence-corrected chi connectivity index (χ4v) is 4.92. The van der Waals surface area contributed by atoms with Gasteiger partial charge in [-0.2, -0.15) is 13.2 Å². The molecule has 0 radical (unpaired) electrons. The number of benzene rings is 2. The zero-order valence-corrected chi connectivity index (χ0v) is 24.9. The average Bonchev–Trinajstić information content (AvgIpc) is 2.93. The van der Waals surface area contributed by atoms with Crippen molar-refractivity contribution in [3.05, 3.63) is 58.9 Å². The number of rotatable bonds is 7. The molecule has 0 bridgehead atoms. The smallest absolute Gasteiger partial charge is 0.416 e. The number of fused-ring (bicyclic) bond motifs is 1. The molecule has 1 unspecified atom stereocenters. The summed E-state index contributed by atoms with van der Waals surface area (Å²) in [5.74, 6) is 1.05. The van der Waals surface area contributed by atoms with Crippen LogP contribution in [0.25, 0.3) is 16.5 Å². The minimum atomic E-state index is -4.63. The van der Waals surface area contributed by atoms with Gasteiger partial charge in [-0.05, 0) is 82.4 Å². The van der Waals surface area contributed by atoms with Crippen LogP contribution in [0.4, 0.5) is 29.5 Å². The number of nitrogens with zero attached hydrogens (tertiary/aromatic N) is 2. The highest BCUT2D eigenvalue weighted by molar-refractivity contribution is 5.94. The first-order valence-corrected chi connectivity index (χ1v) is 13.8. The summed E-state index contributed by atoms with van der Waals surface area (Å²) in [5.41, 5.74) is 0.895. The zero-order chi connectivity index (χ0) is 31.5. The van der Waals surface area contributed by atoms with Gasteiger partial charge in [0.05, 0.1) is 31.2 Å². The van der Waals surface area contributed by atoms with Crippen LogP contribution in [0.1, 0.15) is 62.5 Å². The Morgan fingerprint density at radius 3 is 2.40 bits per heavy atom. The lowest BCUT2D eigenvalue weighted by Crippen LogP contribution is -2.27. The second-order valence-corrected chi connectivity index (χ2v) is 11.3. The zero-order valence-electron chi connectivity index (χ0n) is 24.9. The minimum Gasteiger partial charge on any atom is -0.496 e. The number of anilines is 2. The van der Waals surface area contributed by atoms with E-state index in [1.54, 1.807) is 40.9 Å². The molecule has 2 N–H and O–H groups in total. The summed E-state index contributed by atoms with van der Waals surface area (Å²) in [6.45, 7) is 6.67. The van der Waals surface area contributed by atoms with Gasteiger partial charge in [-0.25, -0.2) is 14.8 Å². The molecule has 43 heavy (non-hydrogen) atoms. The predicted octanol–water partition coefficient (Wildman–Crippen LogP) is 7.28. The topological polar surface area (TPSA) is 112 Å². The summed E-state index contributed by atoms with van der Waals surface area (Å²) in [4.78, 5) is 33.3. The third-order valence-electron chi connectivity index (χ3n) is 6.85. The molecule has 1 aromatic heterocycles. The number of alkyl halides is 3. The first-order chi connectivity index (χ1) is 20.2. The Morgan fingerprint density at radius 1 is 1.05 bits per heavy atom. The van der Waals surface area contributed by atoms with Crippen molar-refractivity contribution in [2.75, 3.05) is 24.9 Å². The third kappa shape index (κ3) is 7.94. The van der Waals surface area contributed by atoms with Gasteiger partial charge in [0.2, 0.25) is 0 Å². The first kappa shape index (κ1) is 31.6. The Morgan fingerprint density at radius 2 is 1.79 bits per heavy atom. The van der Waals surface area contributed by atoms with E-state index in [-0.39, 0.29) is 29.7 Å². The molecule has 1 amide bonds. The monoisotopic (exact) mass is 600 g/mol. The second kappa shape index (κ2) is 12.5. The van der Waals surface area contributed by atoms with E-state index in [1.165, 1.54) is 13.2 Å². The van der Waals surface area contributed by atoms with E-state index in [2.05, 4.69) is 20.6 Å². The van der Waals surface area contributed by atoms with Crippen molar-refractivity contribution in [3.63, 3.8) is 0 Å². The number of halogens is 3. The third-order valence-corrected chi connectivity index (χ3v) is 6.85. The predicted molar refractivity (Wildman–Crippen MR) is 157 cm³/mol. The lowest BCUT2D eigenvalue weighted by atomic mass is 9.86. The SMILES string of the molecule is COC(=O)C1CC=C(c2cc3c(NCc4cc(NC(=O)OC(C)(C)C)cc(C(F)(F)F)c4)nc(C)nc3cc2OC)CC1. The number of hydrogen-bond donors (Lipinski definition) is 2. The number of ether oxygens (including phenoxy) is 3. The van der Waals surface area contributed by atoms with Crippen LogP contribution in [0, 0.1) is 12.8 Å². The van der Waals surface area contributed by atoms with Crippen molar-refractivity contribution < 1.29 is 37.0 Å². The van der Waals surface area contributed by atoms with E-state index in [0.29, 0.717) is 47.6 Å². The lowest BCUT2D eigenvalue weighted by molar-refractivity contribution is -0.145. The van der Waals surface area contributed by atoms with E-state index in [1.807, 2.05) is 12.1 Å². The lowest BCUT2D eigenvalue weighted by Gasteiger charge is -2.22. The van der Waals surface area contributed by atoms with Crippen molar-refractivity contribution in [2.24, 2.45) is 5.92 Å². The molecule has 3 aromatic rings. The number of hydrogen-bond acceptors (Lipinski definition) is 8. The van der Waals surface area contributed by atoms with Gasteiger partial charge in [-0.3, -0.25) is 10.1 Å². The molecule has 0 spiro atoms. The number of allylic oxidation sites excluding steroid dienone is 2. The van der Waals surface area contributed by atoms with Crippen molar-refractivity contribution in [3.8, 4) is 5.75 Å². The van der Waals surface area contributed by atoms with Crippen LogP contribution >= 0.6 is 0 Å². The quantitative estimate of drug-likeness (QED) is 0.272. The van der Waals surface area contributed by atoms with Gasteiger partial charge in [0, 0.05) is 29.2 Å². The molecule has 230 valence electrons. The van der Waals surface area contributed by atoms with Gasteiger partial charge in [0.25, 0.3) is 0 Å². The molecule has 0 fully saturated rings. The molecule has 1 aliphatic carbocycles. The molecular weight excluding hydrogens is 565 g/mol. The maximum atomic E-state index is 13.7. The van der Waals surface area contributed by atoms with Gasteiger partial charge >= 0.3 is 18.2 Å². The van der Waals surface area contributed by atoms with Crippen LogP contribution in [0.15, 0.2) is 36.4 Å². The molecule has 9 nitrogen and oxygen atoms in total. The fraction of sp³-hybridized carbons (Fsp3) is 0.419. The van der Waals surface area contributed by atoms with Crippen LogP contribution in [-0.2, 0) is 27.0 Å². The highest BCUT2D eigenvalue weighted by Gasteiger charge is 2.32. The van der Waals surface area contributed by atoms with E-state index in [4.69, 9.17) is 14.2 Å². The molecule has 0 aliphatic heterocycles. The number of esters is 1. The molecule has 1 heterocycles. The van der Waals surface area contributed by atoms with Gasteiger partial charge < -0.3 is 19.5 Å². The van der Waals surface area contributed by atoms with Gasteiger partial charge in [-0.1, -0.05) is 6.08 Å². The van der Waals surface area contributed by atoms with Gasteiger partial charge in [0.15, 0.2) is 0 Å². The number of aromatic nitrogens is 2. The van der Waals surface area contributed by atoms with Gasteiger partial charge in [-0.15, -0.1) is 0 Å². The summed E-state index contributed by atoms with van der Waals surface area (Å²) in [6.07, 6.45) is -1.70. The minimum absolute atomic E-state index is 0.0245.